The van der Waals surface area contributed by atoms with Crippen LogP contribution in [0.5, 0.6) is 0 Å². The van der Waals surface area contributed by atoms with Crippen LogP contribution in [0.3, 0.4) is 0 Å². The molecule has 0 aliphatic rings. The molecular formula is C69H134O17P2. The van der Waals surface area contributed by atoms with Crippen molar-refractivity contribution in [3.8, 4) is 0 Å². The van der Waals surface area contributed by atoms with Crippen LogP contribution in [0.15, 0.2) is 0 Å². The Morgan fingerprint density at radius 3 is 0.864 bits per heavy atom. The molecule has 0 radical (unpaired) electrons. The molecule has 19 heteroatoms. The molecule has 0 heterocycles. The molecule has 0 aliphatic heterocycles. The van der Waals surface area contributed by atoms with E-state index in [1.54, 1.807) is 0 Å². The van der Waals surface area contributed by atoms with Gasteiger partial charge in [-0.2, -0.15) is 0 Å². The van der Waals surface area contributed by atoms with Gasteiger partial charge in [-0.15, -0.1) is 0 Å². The fraction of sp³-hybridized carbons (Fsp3) is 0.942. The van der Waals surface area contributed by atoms with Crippen molar-refractivity contribution < 1.29 is 80.2 Å². The summed E-state index contributed by atoms with van der Waals surface area (Å²) >= 11 is 0. The molecular weight excluding hydrogens is 1160 g/mol. The van der Waals surface area contributed by atoms with Crippen LogP contribution < -0.4 is 0 Å². The first-order valence-corrected chi connectivity index (χ1v) is 38.9. The Bertz CT molecular complexity index is 1730. The molecule has 0 saturated carbocycles. The van der Waals surface area contributed by atoms with Crippen LogP contribution in [0, 0.1) is 17.8 Å². The lowest BCUT2D eigenvalue weighted by Crippen LogP contribution is -2.30. The molecule has 3 unspecified atom stereocenters. The van der Waals surface area contributed by atoms with Crippen molar-refractivity contribution in [3.05, 3.63) is 0 Å². The molecule has 0 aromatic heterocycles. The number of ether oxygens (including phenoxy) is 4. The van der Waals surface area contributed by atoms with E-state index >= 15 is 0 Å². The average molecular weight is 1300 g/mol. The van der Waals surface area contributed by atoms with Crippen LogP contribution in [0.1, 0.15) is 344 Å². The number of rotatable bonds is 67. The minimum absolute atomic E-state index is 0.103. The standard InChI is InChI=1S/C69H134O17P2/c1-8-10-11-12-13-14-22-29-36-43-50-66(71)79-57-65(86-69(74)53-46-39-32-25-27-34-41-48-61(5)6)59-84-88(77,78)82-55-63(70)54-81-87(75,76)83-58-64(85-68(73)52-45-38-31-24-17-15-16-20-26-33-40-47-60(3)4)56-80-67(72)51-44-37-30-23-19-18-21-28-35-42-49-62(7)9-2/h60-65,70H,8-59H2,1-7H3,(H,75,76)(H,77,78)/t62?,63-,64-,65-/m1/s1. The third-order valence-electron chi connectivity index (χ3n) is 16.2. The zero-order chi connectivity index (χ0) is 65.2. The van der Waals surface area contributed by atoms with Gasteiger partial charge in [0.15, 0.2) is 12.2 Å². The first-order chi connectivity index (χ1) is 42.3. The third kappa shape index (κ3) is 61.6. The molecule has 0 aromatic carbocycles. The maximum atomic E-state index is 13.0. The predicted molar refractivity (Wildman–Crippen MR) is 354 cm³/mol. The zero-order valence-corrected chi connectivity index (χ0v) is 59.0. The maximum Gasteiger partial charge on any atom is 0.472 e. The molecule has 0 amide bonds. The normalized spacial score (nSPS) is 14.5. The summed E-state index contributed by atoms with van der Waals surface area (Å²) in [5, 5.41) is 10.6. The zero-order valence-electron chi connectivity index (χ0n) is 57.2. The van der Waals surface area contributed by atoms with Crippen molar-refractivity contribution in [1.29, 1.82) is 0 Å². The van der Waals surface area contributed by atoms with Gasteiger partial charge in [-0.05, 0) is 43.4 Å². The van der Waals surface area contributed by atoms with Gasteiger partial charge in [-0.25, -0.2) is 9.13 Å². The molecule has 0 bridgehead atoms. The number of aliphatic hydroxyl groups excluding tert-OH is 1. The lowest BCUT2D eigenvalue weighted by Gasteiger charge is -2.21. The Kier molecular flexibility index (Phi) is 58.7. The Morgan fingerprint density at radius 1 is 0.330 bits per heavy atom. The maximum absolute atomic E-state index is 13.0. The number of aliphatic hydroxyl groups is 1. The molecule has 0 aromatic rings. The van der Waals surface area contributed by atoms with Gasteiger partial charge in [0.2, 0.25) is 0 Å². The quantitative estimate of drug-likeness (QED) is 0.0222. The first-order valence-electron chi connectivity index (χ1n) is 35.9. The van der Waals surface area contributed by atoms with Gasteiger partial charge < -0.3 is 33.8 Å². The fourth-order valence-electron chi connectivity index (χ4n) is 10.3. The van der Waals surface area contributed by atoms with Gasteiger partial charge in [0.1, 0.15) is 19.3 Å². The molecule has 3 N–H and O–H groups in total. The molecule has 0 fully saturated rings. The van der Waals surface area contributed by atoms with Gasteiger partial charge in [-0.1, -0.05) is 292 Å². The van der Waals surface area contributed by atoms with E-state index in [-0.39, 0.29) is 25.7 Å². The lowest BCUT2D eigenvalue weighted by atomic mass is 9.99. The summed E-state index contributed by atoms with van der Waals surface area (Å²) in [6.07, 6.45) is 43.0. The van der Waals surface area contributed by atoms with Gasteiger partial charge in [0, 0.05) is 25.7 Å². The number of esters is 4. The van der Waals surface area contributed by atoms with Crippen molar-refractivity contribution in [2.45, 2.75) is 362 Å². The van der Waals surface area contributed by atoms with Crippen molar-refractivity contribution in [3.63, 3.8) is 0 Å². The molecule has 0 aliphatic carbocycles. The van der Waals surface area contributed by atoms with Gasteiger partial charge >= 0.3 is 39.5 Å². The molecule has 0 saturated heterocycles. The van der Waals surface area contributed by atoms with Crippen molar-refractivity contribution >= 4 is 39.5 Å². The van der Waals surface area contributed by atoms with Gasteiger partial charge in [0.05, 0.1) is 26.4 Å². The van der Waals surface area contributed by atoms with Gasteiger partial charge in [-0.3, -0.25) is 37.3 Å². The molecule has 6 atom stereocenters. The van der Waals surface area contributed by atoms with Crippen LogP contribution in [-0.2, 0) is 65.4 Å². The van der Waals surface area contributed by atoms with Crippen LogP contribution in [-0.4, -0.2) is 96.7 Å². The summed E-state index contributed by atoms with van der Waals surface area (Å²) in [4.78, 5) is 72.5. The summed E-state index contributed by atoms with van der Waals surface area (Å²) in [7, 11) is -9.90. The monoisotopic (exact) mass is 1300 g/mol. The summed E-state index contributed by atoms with van der Waals surface area (Å²) in [6.45, 7) is 11.8. The topological polar surface area (TPSA) is 237 Å². The van der Waals surface area contributed by atoms with E-state index in [2.05, 4.69) is 48.5 Å². The summed E-state index contributed by atoms with van der Waals surface area (Å²) in [5.41, 5.74) is 0. The van der Waals surface area contributed by atoms with Gasteiger partial charge in [0.25, 0.3) is 0 Å². The van der Waals surface area contributed by atoms with Crippen LogP contribution in [0.4, 0.5) is 0 Å². The van der Waals surface area contributed by atoms with Crippen LogP contribution >= 0.6 is 15.6 Å². The molecule has 0 rings (SSSR count). The number of carbonyl (C=O) groups is 4. The Morgan fingerprint density at radius 2 is 0.580 bits per heavy atom. The largest absolute Gasteiger partial charge is 0.472 e. The highest BCUT2D eigenvalue weighted by atomic mass is 31.2. The summed E-state index contributed by atoms with van der Waals surface area (Å²) in [5.74, 6) is 0.141. The van der Waals surface area contributed by atoms with Crippen molar-refractivity contribution in [2.24, 2.45) is 17.8 Å². The smallest absolute Gasteiger partial charge is 0.462 e. The number of carbonyl (C=O) groups excluding carboxylic acids is 4. The molecule has 522 valence electrons. The van der Waals surface area contributed by atoms with Crippen molar-refractivity contribution in [1.82, 2.24) is 0 Å². The van der Waals surface area contributed by atoms with E-state index in [9.17, 15) is 43.2 Å². The van der Waals surface area contributed by atoms with E-state index in [0.717, 1.165) is 102 Å². The molecule has 88 heavy (non-hydrogen) atoms. The highest BCUT2D eigenvalue weighted by Crippen LogP contribution is 2.45. The van der Waals surface area contributed by atoms with E-state index < -0.39 is 97.5 Å². The Labute approximate surface area is 537 Å². The van der Waals surface area contributed by atoms with Crippen LogP contribution in [0.2, 0.25) is 0 Å². The van der Waals surface area contributed by atoms with E-state index in [4.69, 9.17) is 37.0 Å². The number of phosphoric ester groups is 2. The SMILES string of the molecule is CCCCCCCCCCCCC(=O)OC[C@H](COP(=O)(O)OC[C@H](O)COP(=O)(O)OC[C@@H](COC(=O)CCCCCCCCCCCCC(C)CC)OC(=O)CCCCCCCCCCCCCC(C)C)OC(=O)CCCCCCCCCC(C)C. The van der Waals surface area contributed by atoms with E-state index in [0.29, 0.717) is 31.6 Å². The second kappa shape index (κ2) is 60.0. The highest BCUT2D eigenvalue weighted by Gasteiger charge is 2.30. The van der Waals surface area contributed by atoms with Crippen molar-refractivity contribution in [2.75, 3.05) is 39.6 Å². The number of hydrogen-bond acceptors (Lipinski definition) is 15. The minimum atomic E-state index is -4.95. The number of phosphoric acid groups is 2. The Hall–Kier alpha value is -1.94. The summed E-state index contributed by atoms with van der Waals surface area (Å²) in [6, 6.07) is 0. The highest BCUT2D eigenvalue weighted by molar-refractivity contribution is 7.47. The summed E-state index contributed by atoms with van der Waals surface area (Å²) < 4.78 is 68.2. The van der Waals surface area contributed by atoms with E-state index in [1.165, 1.54) is 154 Å². The average Bonchev–Trinajstić information content (AvgIpc) is 3.70. The number of unbranched alkanes of at least 4 members (excludes halogenated alkanes) is 34. The first kappa shape index (κ1) is 86.1. The number of hydrogen-bond donors (Lipinski definition) is 3. The Balaban J connectivity index is 5.25. The second-order valence-corrected chi connectivity index (χ2v) is 29.0. The van der Waals surface area contributed by atoms with Crippen LogP contribution in [0.25, 0.3) is 0 Å². The molecule has 17 nitrogen and oxygen atoms in total. The molecule has 0 spiro atoms. The fourth-order valence-corrected chi connectivity index (χ4v) is 11.9. The third-order valence-corrected chi connectivity index (χ3v) is 18.1. The lowest BCUT2D eigenvalue weighted by molar-refractivity contribution is -0.161. The second-order valence-electron chi connectivity index (χ2n) is 26.1. The minimum Gasteiger partial charge on any atom is -0.462 e. The van der Waals surface area contributed by atoms with E-state index in [1.807, 2.05) is 0 Å². The predicted octanol–water partition coefficient (Wildman–Crippen LogP) is 19.5.